The Morgan fingerprint density at radius 1 is 1.83 bits per heavy atom. The van der Waals surface area contributed by atoms with Crippen LogP contribution in [0.5, 0.6) is 0 Å². The number of aromatic nitrogens is 1. The van der Waals surface area contributed by atoms with Crippen LogP contribution in [0.4, 0.5) is 0 Å². The van der Waals surface area contributed by atoms with Crippen LogP contribution < -0.4 is 0 Å². The summed E-state index contributed by atoms with van der Waals surface area (Å²) < 4.78 is 4.98. The quantitative estimate of drug-likeness (QED) is 0.668. The molecule has 0 atom stereocenters. The van der Waals surface area contributed by atoms with E-state index in [1.54, 1.807) is 18.5 Å². The molecular weight excluding hydrogens is 172 g/mol. The first kappa shape index (κ1) is 8.75. The first-order valence-electron chi connectivity index (χ1n) is 3.51. The number of thiazole rings is 1. The molecule has 1 aromatic rings. The third-order valence-corrected chi connectivity index (χ3v) is 1.97. The molecule has 0 fully saturated rings. The van der Waals surface area contributed by atoms with Crippen LogP contribution in [0.25, 0.3) is 6.08 Å². The third-order valence-electron chi connectivity index (χ3n) is 1.11. The molecule has 4 heteroatoms. The highest BCUT2D eigenvalue weighted by Crippen LogP contribution is 2.12. The van der Waals surface area contributed by atoms with E-state index in [4.69, 9.17) is 10.00 Å². The number of hydrogen-bond acceptors (Lipinski definition) is 4. The topological polar surface area (TPSA) is 45.9 Å². The minimum absolute atomic E-state index is 0.617. The summed E-state index contributed by atoms with van der Waals surface area (Å²) in [6.45, 7) is 2.56. The van der Waals surface area contributed by atoms with Gasteiger partial charge in [0.25, 0.3) is 0 Å². The van der Waals surface area contributed by atoms with Crippen molar-refractivity contribution in [1.82, 2.24) is 4.98 Å². The second-order valence-electron chi connectivity index (χ2n) is 1.93. The van der Waals surface area contributed by atoms with E-state index in [1.165, 1.54) is 11.3 Å². The Labute approximate surface area is 74.9 Å². The average molecular weight is 180 g/mol. The molecule has 62 valence electrons. The van der Waals surface area contributed by atoms with E-state index in [-0.39, 0.29) is 0 Å². The monoisotopic (exact) mass is 180 g/mol. The lowest BCUT2D eigenvalue weighted by Crippen LogP contribution is -1.75. The largest absolute Gasteiger partial charge is 0.501 e. The Morgan fingerprint density at radius 3 is 3.25 bits per heavy atom. The molecular formula is C8H8N2OS. The molecule has 0 saturated heterocycles. The van der Waals surface area contributed by atoms with Gasteiger partial charge < -0.3 is 4.74 Å². The number of nitrogens with zero attached hydrogens (tertiary/aromatic N) is 2. The van der Waals surface area contributed by atoms with Crippen LogP contribution in [-0.2, 0) is 4.74 Å². The molecule has 0 amide bonds. The van der Waals surface area contributed by atoms with Crippen LogP contribution in [0.2, 0.25) is 0 Å². The second-order valence-corrected chi connectivity index (χ2v) is 2.99. The smallest absolute Gasteiger partial charge is 0.125 e. The van der Waals surface area contributed by atoms with E-state index >= 15 is 0 Å². The summed E-state index contributed by atoms with van der Waals surface area (Å²) in [7, 11) is 0. The van der Waals surface area contributed by atoms with Gasteiger partial charge in [-0.15, -0.1) is 11.3 Å². The Bertz CT molecular complexity index is 311. The van der Waals surface area contributed by atoms with Crippen LogP contribution in [-0.4, -0.2) is 11.6 Å². The number of nitriles is 1. The van der Waals surface area contributed by atoms with Gasteiger partial charge in [0.05, 0.1) is 19.1 Å². The molecule has 0 spiro atoms. The molecule has 3 nitrogen and oxygen atoms in total. The zero-order chi connectivity index (χ0) is 8.81. The lowest BCUT2D eigenvalue weighted by molar-refractivity contribution is 0.272. The van der Waals surface area contributed by atoms with E-state index in [1.807, 2.05) is 13.0 Å². The molecule has 0 aliphatic rings. The number of ether oxygens (including phenoxy) is 1. The lowest BCUT2D eigenvalue weighted by Gasteiger charge is -1.89. The van der Waals surface area contributed by atoms with Crippen molar-refractivity contribution in [3.8, 4) is 6.07 Å². The van der Waals surface area contributed by atoms with E-state index < -0.39 is 0 Å². The maximum atomic E-state index is 8.49. The van der Waals surface area contributed by atoms with Crippen molar-refractivity contribution in [3.63, 3.8) is 0 Å². The molecule has 1 rings (SSSR count). The highest BCUT2D eigenvalue weighted by Gasteiger charge is 1.95. The van der Waals surface area contributed by atoms with Crippen LogP contribution in [0, 0.1) is 11.3 Å². The standard InChI is InChI=1S/C8H8N2OS/c1-2-11-4-3-8-10-6-7(5-9)12-8/h3-4,6H,2H2,1H3/b4-3+. The van der Waals surface area contributed by atoms with Crippen molar-refractivity contribution in [1.29, 1.82) is 5.26 Å². The molecule has 0 unspecified atom stereocenters. The first-order valence-corrected chi connectivity index (χ1v) is 4.32. The normalized spacial score (nSPS) is 10.0. The SMILES string of the molecule is CCO/C=C/c1ncc(C#N)s1. The highest BCUT2D eigenvalue weighted by atomic mass is 32.1. The van der Waals surface area contributed by atoms with Gasteiger partial charge in [0.1, 0.15) is 16.0 Å². The van der Waals surface area contributed by atoms with Gasteiger partial charge in [0.15, 0.2) is 0 Å². The predicted octanol–water partition coefficient (Wildman–Crippen LogP) is 2.02. The van der Waals surface area contributed by atoms with Crippen LogP contribution in [0.3, 0.4) is 0 Å². The summed E-state index contributed by atoms with van der Waals surface area (Å²) in [4.78, 5) is 4.60. The summed E-state index contributed by atoms with van der Waals surface area (Å²) in [5.74, 6) is 0. The third kappa shape index (κ3) is 2.36. The van der Waals surface area contributed by atoms with Crippen LogP contribution in [0.15, 0.2) is 12.5 Å². The molecule has 0 N–H and O–H groups in total. The van der Waals surface area contributed by atoms with Crippen molar-refractivity contribution in [2.75, 3.05) is 6.61 Å². The minimum Gasteiger partial charge on any atom is -0.501 e. The maximum absolute atomic E-state index is 8.49. The zero-order valence-electron chi connectivity index (χ0n) is 6.65. The number of hydrogen-bond donors (Lipinski definition) is 0. The van der Waals surface area contributed by atoms with Gasteiger partial charge in [0.2, 0.25) is 0 Å². The summed E-state index contributed by atoms with van der Waals surface area (Å²) >= 11 is 1.34. The maximum Gasteiger partial charge on any atom is 0.125 e. The van der Waals surface area contributed by atoms with Crippen LogP contribution >= 0.6 is 11.3 Å². The molecule has 0 radical (unpaired) electrons. The summed E-state index contributed by atoms with van der Waals surface area (Å²) in [6, 6.07) is 2.02. The van der Waals surface area contributed by atoms with Gasteiger partial charge in [-0.05, 0) is 6.92 Å². The Morgan fingerprint density at radius 2 is 2.67 bits per heavy atom. The van der Waals surface area contributed by atoms with E-state index in [0.717, 1.165) is 5.01 Å². The van der Waals surface area contributed by atoms with Crippen molar-refractivity contribution in [2.45, 2.75) is 6.92 Å². The Hall–Kier alpha value is -1.34. The molecule has 0 aliphatic carbocycles. The van der Waals surface area contributed by atoms with Gasteiger partial charge in [-0.3, -0.25) is 0 Å². The zero-order valence-corrected chi connectivity index (χ0v) is 7.47. The van der Waals surface area contributed by atoms with Gasteiger partial charge in [-0.2, -0.15) is 5.26 Å². The van der Waals surface area contributed by atoms with Crippen molar-refractivity contribution >= 4 is 17.4 Å². The Balaban J connectivity index is 2.59. The van der Waals surface area contributed by atoms with Crippen molar-refractivity contribution in [2.24, 2.45) is 0 Å². The minimum atomic E-state index is 0.617. The van der Waals surface area contributed by atoms with Gasteiger partial charge in [0, 0.05) is 6.08 Å². The van der Waals surface area contributed by atoms with Crippen molar-refractivity contribution in [3.05, 3.63) is 22.3 Å². The Kier molecular flexibility index (Phi) is 3.30. The van der Waals surface area contributed by atoms with Gasteiger partial charge in [-0.25, -0.2) is 4.98 Å². The lowest BCUT2D eigenvalue weighted by atomic mass is 10.6. The average Bonchev–Trinajstić information content (AvgIpc) is 2.53. The summed E-state index contributed by atoms with van der Waals surface area (Å²) in [5, 5.41) is 9.28. The molecule has 12 heavy (non-hydrogen) atoms. The summed E-state index contributed by atoms with van der Waals surface area (Å²) in [6.07, 6.45) is 4.88. The fraction of sp³-hybridized carbons (Fsp3) is 0.250. The molecule has 0 aliphatic heterocycles. The molecule has 1 aromatic heterocycles. The van der Waals surface area contributed by atoms with E-state index in [9.17, 15) is 0 Å². The first-order chi connectivity index (χ1) is 5.86. The van der Waals surface area contributed by atoms with Gasteiger partial charge in [-0.1, -0.05) is 0 Å². The fourth-order valence-corrected chi connectivity index (χ4v) is 1.22. The fourth-order valence-electron chi connectivity index (χ4n) is 0.619. The van der Waals surface area contributed by atoms with E-state index in [2.05, 4.69) is 4.98 Å². The molecule has 0 bridgehead atoms. The van der Waals surface area contributed by atoms with Crippen LogP contribution in [0.1, 0.15) is 16.8 Å². The highest BCUT2D eigenvalue weighted by molar-refractivity contribution is 7.13. The second kappa shape index (κ2) is 4.52. The molecule has 0 saturated carbocycles. The predicted molar refractivity (Wildman–Crippen MR) is 47.5 cm³/mol. The number of rotatable bonds is 3. The van der Waals surface area contributed by atoms with E-state index in [0.29, 0.717) is 11.5 Å². The summed E-state index contributed by atoms with van der Waals surface area (Å²) in [5.41, 5.74) is 0. The molecule has 0 aromatic carbocycles. The van der Waals surface area contributed by atoms with Gasteiger partial charge >= 0.3 is 0 Å². The van der Waals surface area contributed by atoms with Crippen molar-refractivity contribution < 1.29 is 4.74 Å². The molecule has 1 heterocycles.